The first-order valence-electron chi connectivity index (χ1n) is 3.63. The van der Waals surface area contributed by atoms with Crippen LogP contribution in [0, 0.1) is 6.92 Å². The van der Waals surface area contributed by atoms with Crippen molar-refractivity contribution in [3.05, 3.63) is 11.1 Å². The minimum atomic E-state index is -0.422. The molecule has 0 fully saturated rings. The van der Waals surface area contributed by atoms with Crippen LogP contribution in [0.25, 0.3) is 0 Å². The average Bonchev–Trinajstić information content (AvgIpc) is 2.40. The molecule has 0 aliphatic carbocycles. The van der Waals surface area contributed by atoms with E-state index in [1.165, 1.54) is 18.4 Å². The van der Waals surface area contributed by atoms with E-state index in [0.717, 1.165) is 5.56 Å². The van der Waals surface area contributed by atoms with Gasteiger partial charge in [-0.1, -0.05) is 11.3 Å². The third kappa shape index (κ3) is 1.60. The molecule has 0 saturated carbocycles. The van der Waals surface area contributed by atoms with E-state index in [1.54, 1.807) is 14.0 Å². The molecule has 1 aromatic heterocycles. The summed E-state index contributed by atoms with van der Waals surface area (Å²) in [5, 5.41) is 1.08. The lowest BCUT2D eigenvalue weighted by Gasteiger charge is -1.99. The molecule has 0 aliphatic rings. The summed E-state index contributed by atoms with van der Waals surface area (Å²) in [7, 11) is 2.87. The Balaban J connectivity index is 3.20. The van der Waals surface area contributed by atoms with E-state index in [0.29, 0.717) is 15.6 Å². The zero-order chi connectivity index (χ0) is 10.0. The Kier molecular flexibility index (Phi) is 2.77. The lowest BCUT2D eigenvalue weighted by Crippen LogP contribution is -2.04. The smallest absolute Gasteiger partial charge is 0.341 e. The number of nitrogens with two attached hydrogens (primary N) is 1. The van der Waals surface area contributed by atoms with Crippen molar-refractivity contribution >= 4 is 22.3 Å². The van der Waals surface area contributed by atoms with Crippen LogP contribution in [0.4, 0.5) is 5.00 Å². The fraction of sp³-hybridized carbons (Fsp3) is 0.375. The molecule has 0 aliphatic heterocycles. The van der Waals surface area contributed by atoms with Crippen LogP contribution in [0.15, 0.2) is 0 Å². The fourth-order valence-electron chi connectivity index (χ4n) is 1.06. The summed E-state index contributed by atoms with van der Waals surface area (Å²) in [6.07, 6.45) is 0. The zero-order valence-electron chi connectivity index (χ0n) is 7.71. The molecule has 0 amide bonds. The van der Waals surface area contributed by atoms with E-state index in [2.05, 4.69) is 4.74 Å². The van der Waals surface area contributed by atoms with E-state index >= 15 is 0 Å². The molecule has 0 spiro atoms. The van der Waals surface area contributed by atoms with E-state index in [4.69, 9.17) is 10.5 Å². The molecule has 0 atom stereocenters. The second-order valence-electron chi connectivity index (χ2n) is 2.45. The average molecular weight is 201 g/mol. The van der Waals surface area contributed by atoms with Crippen molar-refractivity contribution in [1.29, 1.82) is 0 Å². The third-order valence-electron chi connectivity index (χ3n) is 1.71. The van der Waals surface area contributed by atoms with Crippen molar-refractivity contribution in [2.75, 3.05) is 20.0 Å². The van der Waals surface area contributed by atoms with Gasteiger partial charge >= 0.3 is 5.97 Å². The van der Waals surface area contributed by atoms with Gasteiger partial charge in [0.1, 0.15) is 10.6 Å². The summed E-state index contributed by atoms with van der Waals surface area (Å²) < 4.78 is 9.62. The maximum atomic E-state index is 11.2. The van der Waals surface area contributed by atoms with Crippen LogP contribution in [0.3, 0.4) is 0 Å². The third-order valence-corrected chi connectivity index (χ3v) is 2.79. The number of anilines is 1. The second-order valence-corrected chi connectivity index (χ2v) is 3.46. The highest BCUT2D eigenvalue weighted by Crippen LogP contribution is 2.36. The van der Waals surface area contributed by atoms with Crippen molar-refractivity contribution in [3.63, 3.8) is 0 Å². The number of methoxy groups -OCH3 is 2. The number of nitrogen functional groups attached to an aromatic ring is 1. The van der Waals surface area contributed by atoms with Crippen molar-refractivity contribution in [1.82, 2.24) is 0 Å². The van der Waals surface area contributed by atoms with Crippen LogP contribution in [-0.4, -0.2) is 20.2 Å². The highest BCUT2D eigenvalue weighted by atomic mass is 32.1. The standard InChI is InChI=1S/C8H11NO3S/c1-4-5(7(10)11-2)6(9)13-8(4)12-3/h9H2,1-3H3. The Hall–Kier alpha value is -1.23. The maximum absolute atomic E-state index is 11.2. The highest BCUT2D eigenvalue weighted by molar-refractivity contribution is 7.18. The van der Waals surface area contributed by atoms with Gasteiger partial charge in [0.15, 0.2) is 5.06 Å². The van der Waals surface area contributed by atoms with Gasteiger partial charge in [0.2, 0.25) is 0 Å². The van der Waals surface area contributed by atoms with E-state index in [1.807, 2.05) is 0 Å². The normalized spacial score (nSPS) is 9.77. The van der Waals surface area contributed by atoms with Gasteiger partial charge in [0.25, 0.3) is 0 Å². The van der Waals surface area contributed by atoms with Crippen LogP contribution < -0.4 is 10.5 Å². The number of hydrogen-bond donors (Lipinski definition) is 1. The monoisotopic (exact) mass is 201 g/mol. The topological polar surface area (TPSA) is 61.5 Å². The summed E-state index contributed by atoms with van der Waals surface area (Å²) >= 11 is 1.24. The van der Waals surface area contributed by atoms with E-state index in [-0.39, 0.29) is 0 Å². The van der Waals surface area contributed by atoms with Gasteiger partial charge in [-0.2, -0.15) is 0 Å². The summed E-state index contributed by atoms with van der Waals surface area (Å²) in [6, 6.07) is 0. The number of ether oxygens (including phenoxy) is 2. The molecule has 0 unspecified atom stereocenters. The van der Waals surface area contributed by atoms with E-state index in [9.17, 15) is 4.79 Å². The second kappa shape index (κ2) is 3.66. The summed E-state index contributed by atoms with van der Waals surface area (Å²) in [4.78, 5) is 11.2. The molecule has 1 aromatic rings. The van der Waals surface area contributed by atoms with Crippen LogP contribution in [0.2, 0.25) is 0 Å². The predicted molar refractivity (Wildman–Crippen MR) is 51.4 cm³/mol. The lowest BCUT2D eigenvalue weighted by molar-refractivity contribution is 0.0601. The van der Waals surface area contributed by atoms with Crippen LogP contribution in [-0.2, 0) is 4.74 Å². The molecule has 5 heteroatoms. The molecular formula is C8H11NO3S. The Morgan fingerprint density at radius 3 is 2.46 bits per heavy atom. The van der Waals surface area contributed by atoms with Gasteiger partial charge in [-0.05, 0) is 6.92 Å². The molecule has 0 radical (unpaired) electrons. The maximum Gasteiger partial charge on any atom is 0.341 e. The first-order valence-corrected chi connectivity index (χ1v) is 4.44. The van der Waals surface area contributed by atoms with Gasteiger partial charge < -0.3 is 15.2 Å². The zero-order valence-corrected chi connectivity index (χ0v) is 8.53. The van der Waals surface area contributed by atoms with Gasteiger partial charge in [-0.15, -0.1) is 0 Å². The fourth-order valence-corrected chi connectivity index (χ4v) is 1.94. The molecule has 72 valence electrons. The molecular weight excluding hydrogens is 190 g/mol. The molecule has 4 nitrogen and oxygen atoms in total. The minimum Gasteiger partial charge on any atom is -0.487 e. The number of rotatable bonds is 2. The van der Waals surface area contributed by atoms with Crippen molar-refractivity contribution in [2.24, 2.45) is 0 Å². The Labute approximate surface area is 80.3 Å². The molecule has 2 N–H and O–H groups in total. The van der Waals surface area contributed by atoms with Gasteiger partial charge in [0.05, 0.1) is 14.2 Å². The molecule has 0 bridgehead atoms. The van der Waals surface area contributed by atoms with Crippen LogP contribution >= 0.6 is 11.3 Å². The lowest BCUT2D eigenvalue weighted by atomic mass is 10.2. The first kappa shape index (κ1) is 9.85. The first-order chi connectivity index (χ1) is 6.11. The highest BCUT2D eigenvalue weighted by Gasteiger charge is 2.20. The largest absolute Gasteiger partial charge is 0.487 e. The van der Waals surface area contributed by atoms with Crippen molar-refractivity contribution in [2.45, 2.75) is 6.92 Å². The number of carbonyl (C=O) groups is 1. The summed E-state index contributed by atoms with van der Waals surface area (Å²) in [6.45, 7) is 1.78. The number of thiophene rings is 1. The predicted octanol–water partition coefficient (Wildman–Crippen LogP) is 1.43. The number of carbonyl (C=O) groups excluding carboxylic acids is 1. The molecule has 0 saturated heterocycles. The number of esters is 1. The number of hydrogen-bond acceptors (Lipinski definition) is 5. The SMILES string of the molecule is COC(=O)c1c(N)sc(OC)c1C. The minimum absolute atomic E-state index is 0.407. The van der Waals surface area contributed by atoms with Gasteiger partial charge in [0, 0.05) is 5.56 Å². The molecule has 13 heavy (non-hydrogen) atoms. The van der Waals surface area contributed by atoms with Gasteiger partial charge in [-0.3, -0.25) is 0 Å². The van der Waals surface area contributed by atoms with Crippen LogP contribution in [0.5, 0.6) is 5.06 Å². The Bertz CT molecular complexity index is 332. The molecule has 0 aromatic carbocycles. The summed E-state index contributed by atoms with van der Waals surface area (Å²) in [5.74, 6) is -0.422. The molecule has 1 rings (SSSR count). The van der Waals surface area contributed by atoms with E-state index < -0.39 is 5.97 Å². The molecule has 1 heterocycles. The van der Waals surface area contributed by atoms with Crippen LogP contribution in [0.1, 0.15) is 15.9 Å². The van der Waals surface area contributed by atoms with Gasteiger partial charge in [-0.25, -0.2) is 4.79 Å². The van der Waals surface area contributed by atoms with Crippen molar-refractivity contribution < 1.29 is 14.3 Å². The summed E-state index contributed by atoms with van der Waals surface area (Å²) in [5.41, 5.74) is 6.77. The Morgan fingerprint density at radius 1 is 1.46 bits per heavy atom. The van der Waals surface area contributed by atoms with Crippen molar-refractivity contribution in [3.8, 4) is 5.06 Å². The quantitative estimate of drug-likeness (QED) is 0.735. The Morgan fingerprint density at radius 2 is 2.08 bits per heavy atom.